The molecule has 0 N–H and O–H groups in total. The largest absolute Gasteiger partial charge is 0.416 e. The highest BCUT2D eigenvalue weighted by Crippen LogP contribution is 2.30. The molecule has 0 unspecified atom stereocenters. The minimum absolute atomic E-state index is 0.00489. The average Bonchev–Trinajstić information content (AvgIpc) is 3.41. The van der Waals surface area contributed by atoms with Gasteiger partial charge in [-0.1, -0.05) is 11.8 Å². The normalized spacial score (nSPS) is 24.6. The molecule has 0 aromatic carbocycles. The summed E-state index contributed by atoms with van der Waals surface area (Å²) in [5.41, 5.74) is 2.23. The molecule has 4 rings (SSSR count). The van der Waals surface area contributed by atoms with E-state index in [0.717, 1.165) is 23.1 Å². The van der Waals surface area contributed by atoms with Crippen molar-refractivity contribution in [3.05, 3.63) is 28.9 Å². The summed E-state index contributed by atoms with van der Waals surface area (Å²) < 4.78 is 54.4. The van der Waals surface area contributed by atoms with Crippen LogP contribution in [0.3, 0.4) is 0 Å². The van der Waals surface area contributed by atoms with Crippen molar-refractivity contribution in [2.75, 3.05) is 28.8 Å². The van der Waals surface area contributed by atoms with Crippen LogP contribution in [0.4, 0.5) is 0 Å². The summed E-state index contributed by atoms with van der Waals surface area (Å²) in [7, 11) is -5.97. The Balaban J connectivity index is 1.38. The standard InChI is InChI=1S/C19H25N3O6S3/c1-12-7-16(13(2)22(12)15-4-6-31(26,27)11-15)17(23)9-29-19-21-20-18(28-19)8-14-3-5-30(24,25)10-14/h7,14-15H,3-6,8-11H2,1-2H3/t14-,15-/m1/s1. The fourth-order valence-electron chi connectivity index (χ4n) is 4.46. The third-order valence-electron chi connectivity index (χ3n) is 5.92. The van der Waals surface area contributed by atoms with Gasteiger partial charge in [0.1, 0.15) is 0 Å². The van der Waals surface area contributed by atoms with Gasteiger partial charge in [0, 0.05) is 29.4 Å². The van der Waals surface area contributed by atoms with E-state index in [1.54, 1.807) is 0 Å². The molecule has 2 aliphatic rings. The van der Waals surface area contributed by atoms with Gasteiger partial charge in [0.15, 0.2) is 25.5 Å². The number of Topliss-reactive ketones (excluding diaryl/α,β-unsaturated/α-hetero) is 1. The predicted octanol–water partition coefficient (Wildman–Crippen LogP) is 1.80. The van der Waals surface area contributed by atoms with Crippen LogP contribution >= 0.6 is 11.8 Å². The van der Waals surface area contributed by atoms with E-state index in [2.05, 4.69) is 10.2 Å². The van der Waals surface area contributed by atoms with Crippen molar-refractivity contribution in [2.45, 2.75) is 44.4 Å². The first-order valence-corrected chi connectivity index (χ1v) is 14.7. The number of aryl methyl sites for hydroxylation is 1. The molecule has 0 radical (unpaired) electrons. The summed E-state index contributed by atoms with van der Waals surface area (Å²) in [6, 6.07) is 1.68. The molecule has 4 heterocycles. The number of sulfone groups is 2. The summed E-state index contributed by atoms with van der Waals surface area (Å²) in [5.74, 6) is 1.05. The second-order valence-electron chi connectivity index (χ2n) is 8.36. The zero-order chi connectivity index (χ0) is 22.4. The fraction of sp³-hybridized carbons (Fsp3) is 0.632. The molecule has 9 nitrogen and oxygen atoms in total. The smallest absolute Gasteiger partial charge is 0.277 e. The van der Waals surface area contributed by atoms with E-state index in [9.17, 15) is 21.6 Å². The Hall–Kier alpha value is -1.66. The molecule has 0 amide bonds. The number of aromatic nitrogens is 3. The lowest BCUT2D eigenvalue weighted by Gasteiger charge is -2.16. The highest BCUT2D eigenvalue weighted by molar-refractivity contribution is 7.99. The Labute approximate surface area is 185 Å². The van der Waals surface area contributed by atoms with Crippen LogP contribution in [0.15, 0.2) is 15.7 Å². The van der Waals surface area contributed by atoms with E-state index in [0.29, 0.717) is 30.7 Å². The number of hydrogen-bond donors (Lipinski definition) is 0. The van der Waals surface area contributed by atoms with E-state index in [1.165, 1.54) is 0 Å². The third-order valence-corrected chi connectivity index (χ3v) is 10.3. The number of nitrogens with zero attached hydrogens (tertiary/aromatic N) is 3. The van der Waals surface area contributed by atoms with E-state index in [-0.39, 0.29) is 51.7 Å². The number of thioether (sulfide) groups is 1. The number of carbonyl (C=O) groups excluding carboxylic acids is 1. The van der Waals surface area contributed by atoms with Gasteiger partial charge in [-0.15, -0.1) is 10.2 Å². The van der Waals surface area contributed by atoms with Crippen molar-refractivity contribution in [3.8, 4) is 0 Å². The minimum atomic E-state index is -3.02. The second-order valence-corrected chi connectivity index (χ2v) is 13.7. The van der Waals surface area contributed by atoms with Gasteiger partial charge < -0.3 is 8.98 Å². The topological polar surface area (TPSA) is 129 Å². The number of ketones is 1. The first-order valence-electron chi connectivity index (χ1n) is 10.1. The highest BCUT2D eigenvalue weighted by atomic mass is 32.2. The van der Waals surface area contributed by atoms with Crippen LogP contribution in [0.5, 0.6) is 0 Å². The average molecular weight is 488 g/mol. The van der Waals surface area contributed by atoms with Gasteiger partial charge in [-0.25, -0.2) is 16.8 Å². The van der Waals surface area contributed by atoms with E-state index >= 15 is 0 Å². The predicted molar refractivity (Wildman–Crippen MR) is 116 cm³/mol. The quantitative estimate of drug-likeness (QED) is 0.424. The Kier molecular flexibility index (Phi) is 6.08. The third kappa shape index (κ3) is 5.06. The summed E-state index contributed by atoms with van der Waals surface area (Å²) in [6.45, 7) is 3.73. The van der Waals surface area contributed by atoms with Crippen LogP contribution in [-0.2, 0) is 26.1 Å². The van der Waals surface area contributed by atoms with Gasteiger partial charge in [-0.05, 0) is 38.7 Å². The van der Waals surface area contributed by atoms with Gasteiger partial charge in [0.05, 0.1) is 28.8 Å². The second kappa shape index (κ2) is 8.36. The zero-order valence-electron chi connectivity index (χ0n) is 17.4. The Morgan fingerprint density at radius 1 is 1.13 bits per heavy atom. The molecule has 2 aromatic rings. The van der Waals surface area contributed by atoms with Gasteiger partial charge in [0.2, 0.25) is 5.89 Å². The molecular formula is C19H25N3O6S3. The van der Waals surface area contributed by atoms with Crippen LogP contribution in [0.1, 0.15) is 46.5 Å². The van der Waals surface area contributed by atoms with E-state index < -0.39 is 19.7 Å². The van der Waals surface area contributed by atoms with E-state index in [4.69, 9.17) is 4.42 Å². The highest BCUT2D eigenvalue weighted by Gasteiger charge is 2.32. The Morgan fingerprint density at radius 3 is 2.48 bits per heavy atom. The molecule has 31 heavy (non-hydrogen) atoms. The van der Waals surface area contributed by atoms with Crippen LogP contribution in [0.2, 0.25) is 0 Å². The van der Waals surface area contributed by atoms with Gasteiger partial charge in [-0.3, -0.25) is 4.79 Å². The summed E-state index contributed by atoms with van der Waals surface area (Å²) >= 11 is 1.14. The zero-order valence-corrected chi connectivity index (χ0v) is 19.9. The molecule has 0 bridgehead atoms. The molecule has 170 valence electrons. The maximum absolute atomic E-state index is 12.8. The van der Waals surface area contributed by atoms with Crippen LogP contribution in [0.25, 0.3) is 0 Å². The molecular weight excluding hydrogens is 462 g/mol. The molecule has 2 atom stereocenters. The van der Waals surface area contributed by atoms with Crippen LogP contribution in [-0.4, -0.2) is 66.1 Å². The summed E-state index contributed by atoms with van der Waals surface area (Å²) in [5, 5.41) is 8.21. The molecule has 0 spiro atoms. The maximum atomic E-state index is 12.8. The molecule has 0 saturated carbocycles. The monoisotopic (exact) mass is 487 g/mol. The van der Waals surface area contributed by atoms with Crippen LogP contribution < -0.4 is 0 Å². The molecule has 2 saturated heterocycles. The maximum Gasteiger partial charge on any atom is 0.277 e. The Bertz CT molecular complexity index is 1210. The SMILES string of the molecule is Cc1cc(C(=O)CSc2nnc(C[C@H]3CCS(=O)(=O)C3)o2)c(C)n1[C@@H]1CCS(=O)(=O)C1. The molecule has 2 fully saturated rings. The first kappa shape index (κ1) is 22.5. The Morgan fingerprint density at radius 2 is 1.84 bits per heavy atom. The van der Waals surface area contributed by atoms with E-state index in [1.807, 2.05) is 24.5 Å². The fourth-order valence-corrected chi connectivity index (χ4v) is 8.69. The van der Waals surface area contributed by atoms with Crippen LogP contribution in [0, 0.1) is 19.8 Å². The minimum Gasteiger partial charge on any atom is -0.416 e. The van der Waals surface area contributed by atoms with Gasteiger partial charge >= 0.3 is 0 Å². The van der Waals surface area contributed by atoms with Crippen molar-refractivity contribution in [1.29, 1.82) is 0 Å². The molecule has 2 aromatic heterocycles. The molecule has 12 heteroatoms. The first-order chi connectivity index (χ1) is 14.5. The number of rotatable bonds is 7. The number of hydrogen-bond acceptors (Lipinski definition) is 9. The summed E-state index contributed by atoms with van der Waals surface area (Å²) in [4.78, 5) is 12.8. The molecule has 2 aliphatic heterocycles. The van der Waals surface area contributed by atoms with Gasteiger partial charge in [0.25, 0.3) is 5.22 Å². The van der Waals surface area contributed by atoms with Crippen molar-refractivity contribution in [3.63, 3.8) is 0 Å². The van der Waals surface area contributed by atoms with Crippen molar-refractivity contribution in [1.82, 2.24) is 14.8 Å². The van der Waals surface area contributed by atoms with Crippen molar-refractivity contribution in [2.24, 2.45) is 5.92 Å². The lowest BCUT2D eigenvalue weighted by Crippen LogP contribution is -2.14. The van der Waals surface area contributed by atoms with Crippen molar-refractivity contribution >= 4 is 37.2 Å². The lowest BCUT2D eigenvalue weighted by molar-refractivity contribution is 0.102. The number of carbonyl (C=O) groups is 1. The molecule has 0 aliphatic carbocycles. The van der Waals surface area contributed by atoms with Gasteiger partial charge in [-0.2, -0.15) is 0 Å². The lowest BCUT2D eigenvalue weighted by atomic mass is 10.1. The summed E-state index contributed by atoms with van der Waals surface area (Å²) in [6.07, 6.45) is 1.59. The van der Waals surface area contributed by atoms with Crippen molar-refractivity contribution < 1.29 is 26.0 Å².